The molecule has 5 nitrogen and oxygen atoms in total. The van der Waals surface area contributed by atoms with Crippen molar-refractivity contribution in [2.75, 3.05) is 20.3 Å². The van der Waals surface area contributed by atoms with E-state index in [4.69, 9.17) is 9.84 Å². The monoisotopic (exact) mass is 265 g/mol. The molecule has 3 N–H and O–H groups in total. The van der Waals surface area contributed by atoms with Crippen molar-refractivity contribution in [2.24, 2.45) is 0 Å². The SMILES string of the molecule is COc1ccc(C=CC(=O)NCC(C)(O)CO)cc1. The van der Waals surface area contributed by atoms with E-state index in [9.17, 15) is 9.90 Å². The van der Waals surface area contributed by atoms with Crippen LogP contribution in [0.2, 0.25) is 0 Å². The minimum absolute atomic E-state index is 0.00468. The molecule has 0 heterocycles. The summed E-state index contributed by atoms with van der Waals surface area (Å²) in [6, 6.07) is 7.25. The molecule has 1 aromatic rings. The van der Waals surface area contributed by atoms with Gasteiger partial charge in [0, 0.05) is 12.6 Å². The van der Waals surface area contributed by atoms with Crippen molar-refractivity contribution in [2.45, 2.75) is 12.5 Å². The number of hydrogen-bond donors (Lipinski definition) is 3. The zero-order valence-electron chi connectivity index (χ0n) is 11.1. The Hall–Kier alpha value is -1.85. The van der Waals surface area contributed by atoms with Crippen LogP contribution in [-0.2, 0) is 4.79 Å². The summed E-state index contributed by atoms with van der Waals surface area (Å²) in [5.74, 6) is 0.421. The summed E-state index contributed by atoms with van der Waals surface area (Å²) in [7, 11) is 1.59. The van der Waals surface area contributed by atoms with E-state index in [0.717, 1.165) is 11.3 Å². The van der Waals surface area contributed by atoms with Gasteiger partial charge in [-0.3, -0.25) is 4.79 Å². The molecule has 19 heavy (non-hydrogen) atoms. The maximum Gasteiger partial charge on any atom is 0.244 e. The first-order chi connectivity index (χ1) is 8.96. The molecule has 0 aliphatic carbocycles. The number of nitrogens with one attached hydrogen (secondary N) is 1. The van der Waals surface area contributed by atoms with Gasteiger partial charge in [0.2, 0.25) is 5.91 Å². The fourth-order valence-corrected chi connectivity index (χ4v) is 1.28. The van der Waals surface area contributed by atoms with Gasteiger partial charge in [-0.25, -0.2) is 0 Å². The largest absolute Gasteiger partial charge is 0.497 e. The number of rotatable bonds is 6. The number of hydrogen-bond acceptors (Lipinski definition) is 4. The maximum absolute atomic E-state index is 11.5. The van der Waals surface area contributed by atoms with Crippen molar-refractivity contribution in [1.82, 2.24) is 5.32 Å². The van der Waals surface area contributed by atoms with Gasteiger partial charge in [0.05, 0.1) is 13.7 Å². The van der Waals surface area contributed by atoms with Crippen molar-refractivity contribution < 1.29 is 19.7 Å². The van der Waals surface area contributed by atoms with E-state index in [1.807, 2.05) is 12.1 Å². The summed E-state index contributed by atoms with van der Waals surface area (Å²) in [6.07, 6.45) is 3.03. The number of methoxy groups -OCH3 is 1. The summed E-state index contributed by atoms with van der Waals surface area (Å²) < 4.78 is 5.03. The van der Waals surface area contributed by atoms with Crippen LogP contribution in [0.4, 0.5) is 0 Å². The number of carbonyl (C=O) groups excluding carboxylic acids is 1. The van der Waals surface area contributed by atoms with Crippen molar-refractivity contribution >= 4 is 12.0 Å². The number of ether oxygens (including phenoxy) is 1. The van der Waals surface area contributed by atoms with Gasteiger partial charge < -0.3 is 20.3 Å². The van der Waals surface area contributed by atoms with Crippen LogP contribution in [0.5, 0.6) is 5.75 Å². The minimum atomic E-state index is -1.30. The molecule has 0 saturated carbocycles. The topological polar surface area (TPSA) is 78.8 Å². The van der Waals surface area contributed by atoms with Gasteiger partial charge in [0.25, 0.3) is 0 Å². The molecule has 1 rings (SSSR count). The van der Waals surface area contributed by atoms with E-state index in [-0.39, 0.29) is 12.5 Å². The number of aliphatic hydroxyl groups is 2. The van der Waals surface area contributed by atoms with Crippen LogP contribution in [0.25, 0.3) is 6.08 Å². The van der Waals surface area contributed by atoms with Crippen molar-refractivity contribution in [3.8, 4) is 5.75 Å². The lowest BCUT2D eigenvalue weighted by Gasteiger charge is -2.19. The van der Waals surface area contributed by atoms with E-state index in [1.54, 1.807) is 25.3 Å². The zero-order valence-corrected chi connectivity index (χ0v) is 11.1. The molecule has 0 bridgehead atoms. The highest BCUT2D eigenvalue weighted by molar-refractivity contribution is 5.91. The first-order valence-electron chi connectivity index (χ1n) is 5.90. The molecule has 0 radical (unpaired) electrons. The Kier molecular flexibility index (Phi) is 5.54. The molecular weight excluding hydrogens is 246 g/mol. The zero-order chi connectivity index (χ0) is 14.3. The molecule has 1 atom stereocenters. The lowest BCUT2D eigenvalue weighted by molar-refractivity contribution is -0.117. The van der Waals surface area contributed by atoms with Gasteiger partial charge in [-0.15, -0.1) is 0 Å². The van der Waals surface area contributed by atoms with Crippen LogP contribution in [0.15, 0.2) is 30.3 Å². The quantitative estimate of drug-likeness (QED) is 0.657. The molecule has 0 aromatic heterocycles. The van der Waals surface area contributed by atoms with Crippen LogP contribution in [-0.4, -0.2) is 42.0 Å². The van der Waals surface area contributed by atoms with Gasteiger partial charge in [-0.05, 0) is 30.7 Å². The number of carbonyl (C=O) groups is 1. The van der Waals surface area contributed by atoms with E-state index in [2.05, 4.69) is 5.32 Å². The van der Waals surface area contributed by atoms with E-state index in [1.165, 1.54) is 13.0 Å². The molecule has 0 fully saturated rings. The third kappa shape index (κ3) is 5.54. The Labute approximate surface area is 112 Å². The first kappa shape index (κ1) is 15.2. The second kappa shape index (κ2) is 6.92. The van der Waals surface area contributed by atoms with Crippen molar-refractivity contribution in [3.05, 3.63) is 35.9 Å². The Morgan fingerprint density at radius 3 is 2.58 bits per heavy atom. The second-order valence-electron chi connectivity index (χ2n) is 4.48. The lowest BCUT2D eigenvalue weighted by Crippen LogP contribution is -2.42. The highest BCUT2D eigenvalue weighted by Gasteiger charge is 2.18. The first-order valence-corrected chi connectivity index (χ1v) is 5.90. The van der Waals surface area contributed by atoms with Crippen LogP contribution in [0, 0.1) is 0 Å². The molecular formula is C14H19NO4. The van der Waals surface area contributed by atoms with E-state index in [0.29, 0.717) is 0 Å². The van der Waals surface area contributed by atoms with Gasteiger partial charge in [-0.1, -0.05) is 12.1 Å². The van der Waals surface area contributed by atoms with Crippen molar-refractivity contribution in [3.63, 3.8) is 0 Å². The summed E-state index contributed by atoms with van der Waals surface area (Å²) >= 11 is 0. The number of benzene rings is 1. The molecule has 1 unspecified atom stereocenters. The predicted octanol–water partition coefficient (Wildman–Crippen LogP) is 0.568. The Morgan fingerprint density at radius 1 is 1.42 bits per heavy atom. The molecule has 0 spiro atoms. The Balaban J connectivity index is 2.49. The normalized spacial score (nSPS) is 14.1. The number of amides is 1. The van der Waals surface area contributed by atoms with E-state index < -0.39 is 12.2 Å². The maximum atomic E-state index is 11.5. The molecule has 0 aliphatic heterocycles. The third-order valence-electron chi connectivity index (χ3n) is 2.53. The predicted molar refractivity (Wildman–Crippen MR) is 72.7 cm³/mol. The summed E-state index contributed by atoms with van der Waals surface area (Å²) in [4.78, 5) is 11.5. The summed E-state index contributed by atoms with van der Waals surface area (Å²) in [5.41, 5.74) is -0.436. The van der Waals surface area contributed by atoms with Gasteiger partial charge in [0.15, 0.2) is 0 Å². The molecule has 1 aromatic carbocycles. The molecule has 1 amide bonds. The molecule has 0 aliphatic rings. The Bertz CT molecular complexity index is 437. The average Bonchev–Trinajstić information content (AvgIpc) is 2.43. The second-order valence-corrected chi connectivity index (χ2v) is 4.48. The van der Waals surface area contributed by atoms with Crippen LogP contribution in [0.1, 0.15) is 12.5 Å². The molecule has 0 saturated heterocycles. The summed E-state index contributed by atoms with van der Waals surface area (Å²) in [6.45, 7) is 1.03. The molecule has 104 valence electrons. The molecule has 5 heteroatoms. The summed E-state index contributed by atoms with van der Waals surface area (Å²) in [5, 5.41) is 20.9. The smallest absolute Gasteiger partial charge is 0.244 e. The highest BCUT2D eigenvalue weighted by atomic mass is 16.5. The van der Waals surface area contributed by atoms with Crippen LogP contribution in [0.3, 0.4) is 0 Å². The minimum Gasteiger partial charge on any atom is -0.497 e. The standard InChI is InChI=1S/C14H19NO4/c1-14(18,10-16)9-15-13(17)8-5-11-3-6-12(19-2)7-4-11/h3-8,16,18H,9-10H2,1-2H3,(H,15,17). The Morgan fingerprint density at radius 2 is 2.05 bits per heavy atom. The third-order valence-corrected chi connectivity index (χ3v) is 2.53. The fraction of sp³-hybridized carbons (Fsp3) is 0.357. The van der Waals surface area contributed by atoms with Gasteiger partial charge in [0.1, 0.15) is 11.4 Å². The van der Waals surface area contributed by atoms with E-state index >= 15 is 0 Å². The average molecular weight is 265 g/mol. The lowest BCUT2D eigenvalue weighted by atomic mass is 10.1. The van der Waals surface area contributed by atoms with Crippen molar-refractivity contribution in [1.29, 1.82) is 0 Å². The van der Waals surface area contributed by atoms with Gasteiger partial charge >= 0.3 is 0 Å². The van der Waals surface area contributed by atoms with Crippen LogP contribution >= 0.6 is 0 Å². The highest BCUT2D eigenvalue weighted by Crippen LogP contribution is 2.12. The number of aliphatic hydroxyl groups excluding tert-OH is 1. The fourth-order valence-electron chi connectivity index (χ4n) is 1.28. The van der Waals surface area contributed by atoms with Gasteiger partial charge in [-0.2, -0.15) is 0 Å². The van der Waals surface area contributed by atoms with Crippen LogP contribution < -0.4 is 10.1 Å².